The molecule has 18 heavy (non-hydrogen) atoms. The van der Waals surface area contributed by atoms with E-state index in [1.54, 1.807) is 0 Å². The molecule has 0 amide bonds. The highest BCUT2D eigenvalue weighted by Gasteiger charge is 2.20. The molecule has 98 valence electrons. The predicted octanol–water partition coefficient (Wildman–Crippen LogP) is 2.63. The zero-order chi connectivity index (χ0) is 13.5. The number of nitro benzene ring substituents is 1. The van der Waals surface area contributed by atoms with Crippen molar-refractivity contribution in [2.24, 2.45) is 5.92 Å². The molecule has 0 heterocycles. The fraction of sp³-hybridized carbons (Fsp3) is 0.462. The van der Waals surface area contributed by atoms with Crippen molar-refractivity contribution in [3.8, 4) is 0 Å². The lowest BCUT2D eigenvalue weighted by Crippen LogP contribution is -2.14. The molecule has 0 radical (unpaired) electrons. The lowest BCUT2D eigenvalue weighted by molar-refractivity contribution is -0.384. The largest absolute Gasteiger partial charge is 0.388 e. The second kappa shape index (κ2) is 6.86. The van der Waals surface area contributed by atoms with Crippen LogP contribution in [0.2, 0.25) is 0 Å². The molecule has 5 heteroatoms. The van der Waals surface area contributed by atoms with Gasteiger partial charge in [-0.05, 0) is 24.1 Å². The van der Waals surface area contributed by atoms with Gasteiger partial charge in [-0.3, -0.25) is 10.1 Å². The molecular formula is C13H17NO4. The molecule has 5 nitrogen and oxygen atoms in total. The molecule has 0 spiro atoms. The summed E-state index contributed by atoms with van der Waals surface area (Å²) >= 11 is 0. The number of rotatable bonds is 7. The van der Waals surface area contributed by atoms with Crippen LogP contribution >= 0.6 is 0 Å². The van der Waals surface area contributed by atoms with Gasteiger partial charge < -0.3 is 9.90 Å². The fourth-order valence-corrected chi connectivity index (χ4v) is 1.78. The molecule has 1 aromatic carbocycles. The Morgan fingerprint density at radius 1 is 1.39 bits per heavy atom. The van der Waals surface area contributed by atoms with Crippen LogP contribution in [0.4, 0.5) is 5.69 Å². The Bertz CT molecular complexity index is 402. The summed E-state index contributed by atoms with van der Waals surface area (Å²) in [5.41, 5.74) is 0.510. The second-order valence-corrected chi connectivity index (χ2v) is 4.24. The van der Waals surface area contributed by atoms with E-state index < -0.39 is 16.9 Å². The molecule has 0 aliphatic carbocycles. The third-order valence-electron chi connectivity index (χ3n) is 2.92. The Morgan fingerprint density at radius 2 is 2.00 bits per heavy atom. The normalized spacial score (nSPS) is 13.9. The summed E-state index contributed by atoms with van der Waals surface area (Å²) in [5, 5.41) is 20.5. The Hall–Kier alpha value is -1.75. The van der Waals surface area contributed by atoms with E-state index in [0.717, 1.165) is 19.1 Å². The molecule has 0 bridgehead atoms. The molecule has 0 fully saturated rings. The van der Waals surface area contributed by atoms with Crippen LogP contribution in [0.3, 0.4) is 0 Å². The first-order chi connectivity index (χ1) is 8.60. The van der Waals surface area contributed by atoms with E-state index in [9.17, 15) is 20.0 Å². The van der Waals surface area contributed by atoms with E-state index in [0.29, 0.717) is 12.0 Å². The molecule has 1 rings (SSSR count). The number of hydrogen-bond acceptors (Lipinski definition) is 4. The smallest absolute Gasteiger partial charge is 0.269 e. The van der Waals surface area contributed by atoms with Crippen LogP contribution in [0, 0.1) is 16.0 Å². The minimum absolute atomic E-state index is 0.0258. The number of unbranched alkanes of at least 4 members (excludes halogenated alkanes) is 1. The van der Waals surface area contributed by atoms with Crippen molar-refractivity contribution in [2.45, 2.75) is 32.3 Å². The number of benzene rings is 1. The van der Waals surface area contributed by atoms with Crippen molar-refractivity contribution in [1.29, 1.82) is 0 Å². The number of carbonyl (C=O) groups excluding carboxylic acids is 1. The van der Waals surface area contributed by atoms with E-state index in [2.05, 4.69) is 0 Å². The summed E-state index contributed by atoms with van der Waals surface area (Å²) < 4.78 is 0. The summed E-state index contributed by atoms with van der Waals surface area (Å²) in [6, 6.07) is 5.65. The fourth-order valence-electron chi connectivity index (χ4n) is 1.78. The van der Waals surface area contributed by atoms with Crippen molar-refractivity contribution in [3.05, 3.63) is 39.9 Å². The van der Waals surface area contributed by atoms with Crippen molar-refractivity contribution < 1.29 is 14.8 Å². The highest BCUT2D eigenvalue weighted by molar-refractivity contribution is 5.55. The number of carbonyl (C=O) groups is 1. The quantitative estimate of drug-likeness (QED) is 0.459. The van der Waals surface area contributed by atoms with Gasteiger partial charge in [0.25, 0.3) is 5.69 Å². The molecule has 1 aromatic rings. The van der Waals surface area contributed by atoms with Gasteiger partial charge in [0.15, 0.2) is 0 Å². The maximum atomic E-state index is 10.9. The topological polar surface area (TPSA) is 80.4 Å². The van der Waals surface area contributed by atoms with Gasteiger partial charge in [0, 0.05) is 18.1 Å². The SMILES string of the molecule is CCCC[C@@H](C=O)[C@@H](O)c1ccc([N+](=O)[O-])cc1. The predicted molar refractivity (Wildman–Crippen MR) is 67.1 cm³/mol. The van der Waals surface area contributed by atoms with Crippen LogP contribution in [0.5, 0.6) is 0 Å². The summed E-state index contributed by atoms with van der Waals surface area (Å²) in [6.07, 6.45) is 2.31. The molecule has 1 N–H and O–H groups in total. The monoisotopic (exact) mass is 251 g/mol. The standard InChI is InChI=1S/C13H17NO4/c1-2-3-4-11(9-15)13(16)10-5-7-12(8-6-10)14(17)18/h5-9,11,13,16H,2-4H2,1H3/t11-,13-/m0/s1. The molecule has 0 aromatic heterocycles. The number of nitro groups is 1. The molecular weight excluding hydrogens is 234 g/mol. The zero-order valence-corrected chi connectivity index (χ0v) is 10.3. The Labute approximate surface area is 106 Å². The van der Waals surface area contributed by atoms with Gasteiger partial charge in [-0.1, -0.05) is 19.8 Å². The van der Waals surface area contributed by atoms with Crippen molar-refractivity contribution in [3.63, 3.8) is 0 Å². The molecule has 0 saturated heterocycles. The van der Waals surface area contributed by atoms with E-state index in [-0.39, 0.29) is 5.69 Å². The number of hydrogen-bond donors (Lipinski definition) is 1. The van der Waals surface area contributed by atoms with Crippen LogP contribution in [0.1, 0.15) is 37.9 Å². The van der Waals surface area contributed by atoms with E-state index in [4.69, 9.17) is 0 Å². The van der Waals surface area contributed by atoms with Gasteiger partial charge in [0.1, 0.15) is 6.29 Å². The van der Waals surface area contributed by atoms with Crippen LogP contribution in [-0.2, 0) is 4.79 Å². The maximum absolute atomic E-state index is 10.9. The van der Waals surface area contributed by atoms with Gasteiger partial charge in [-0.25, -0.2) is 0 Å². The first kappa shape index (κ1) is 14.3. The molecule has 0 aliphatic heterocycles. The van der Waals surface area contributed by atoms with Crippen molar-refractivity contribution in [1.82, 2.24) is 0 Å². The van der Waals surface area contributed by atoms with Gasteiger partial charge in [0.05, 0.1) is 11.0 Å². The Kier molecular flexibility index (Phi) is 5.45. The average molecular weight is 251 g/mol. The van der Waals surface area contributed by atoms with Gasteiger partial charge in [-0.2, -0.15) is 0 Å². The lowest BCUT2D eigenvalue weighted by Gasteiger charge is -2.17. The molecule has 0 saturated carbocycles. The number of aliphatic hydroxyl groups is 1. The van der Waals surface area contributed by atoms with Crippen LogP contribution in [-0.4, -0.2) is 16.3 Å². The first-order valence-corrected chi connectivity index (χ1v) is 5.97. The highest BCUT2D eigenvalue weighted by Crippen LogP contribution is 2.26. The number of aliphatic hydroxyl groups excluding tert-OH is 1. The zero-order valence-electron chi connectivity index (χ0n) is 10.3. The summed E-state index contributed by atoms with van der Waals surface area (Å²) in [5.74, 6) is -0.452. The minimum Gasteiger partial charge on any atom is -0.388 e. The summed E-state index contributed by atoms with van der Waals surface area (Å²) in [7, 11) is 0. The highest BCUT2D eigenvalue weighted by atomic mass is 16.6. The molecule has 0 unspecified atom stereocenters. The number of non-ortho nitro benzene ring substituents is 1. The first-order valence-electron chi connectivity index (χ1n) is 5.97. The van der Waals surface area contributed by atoms with E-state index >= 15 is 0 Å². The van der Waals surface area contributed by atoms with Gasteiger partial charge in [0.2, 0.25) is 0 Å². The maximum Gasteiger partial charge on any atom is 0.269 e. The van der Waals surface area contributed by atoms with Gasteiger partial charge >= 0.3 is 0 Å². The lowest BCUT2D eigenvalue weighted by atomic mass is 9.92. The molecule has 0 aliphatic rings. The average Bonchev–Trinajstić information content (AvgIpc) is 2.39. The molecule has 2 atom stereocenters. The minimum atomic E-state index is -0.894. The van der Waals surface area contributed by atoms with Crippen LogP contribution < -0.4 is 0 Å². The van der Waals surface area contributed by atoms with Gasteiger partial charge in [-0.15, -0.1) is 0 Å². The Morgan fingerprint density at radius 3 is 2.44 bits per heavy atom. The van der Waals surface area contributed by atoms with Crippen LogP contribution in [0.15, 0.2) is 24.3 Å². The number of aldehydes is 1. The van der Waals surface area contributed by atoms with E-state index in [1.807, 2.05) is 6.92 Å². The third kappa shape index (κ3) is 3.63. The van der Waals surface area contributed by atoms with E-state index in [1.165, 1.54) is 24.3 Å². The van der Waals surface area contributed by atoms with Crippen molar-refractivity contribution >= 4 is 12.0 Å². The number of nitrogens with zero attached hydrogens (tertiary/aromatic N) is 1. The Balaban J connectivity index is 2.78. The summed E-state index contributed by atoms with van der Waals surface area (Å²) in [6.45, 7) is 2.01. The van der Waals surface area contributed by atoms with Crippen LogP contribution in [0.25, 0.3) is 0 Å². The third-order valence-corrected chi connectivity index (χ3v) is 2.92. The van der Waals surface area contributed by atoms with Crippen molar-refractivity contribution in [2.75, 3.05) is 0 Å². The second-order valence-electron chi connectivity index (χ2n) is 4.24. The summed E-state index contributed by atoms with van der Waals surface area (Å²) in [4.78, 5) is 20.9.